The molecule has 0 fully saturated rings. The second-order valence-corrected chi connectivity index (χ2v) is 4.82. The van der Waals surface area contributed by atoms with E-state index in [0.29, 0.717) is 12.1 Å². The van der Waals surface area contributed by atoms with E-state index in [4.69, 9.17) is 11.6 Å². The first-order valence-electron chi connectivity index (χ1n) is 5.69. The molecule has 2 aromatic rings. The number of hydrogen-bond donors (Lipinski definition) is 0. The summed E-state index contributed by atoms with van der Waals surface area (Å²) in [5.41, 5.74) is -1.29. The van der Waals surface area contributed by atoms with Crippen LogP contribution >= 0.6 is 11.6 Å². The van der Waals surface area contributed by atoms with Crippen LogP contribution in [0.25, 0.3) is 5.69 Å². The molecule has 0 bridgehead atoms. The third-order valence-corrected chi connectivity index (χ3v) is 2.92. The molecule has 0 saturated heterocycles. The molecule has 0 N–H and O–H groups in total. The largest absolute Gasteiger partial charge is 0.416 e. The van der Waals surface area contributed by atoms with E-state index in [0.717, 1.165) is 10.6 Å². The summed E-state index contributed by atoms with van der Waals surface area (Å²) in [5.74, 6) is -0.723. The lowest BCUT2D eigenvalue weighted by atomic mass is 10.1. The normalized spacial score (nSPS) is 12.2. The minimum absolute atomic E-state index is 0.177. The van der Waals surface area contributed by atoms with E-state index in [9.17, 15) is 17.6 Å². The fraction of sp³-hybridized carbons (Fsp3) is 0.333. The molecule has 2 rings (SSSR count). The maximum Gasteiger partial charge on any atom is 0.416 e. The van der Waals surface area contributed by atoms with E-state index >= 15 is 0 Å². The van der Waals surface area contributed by atoms with Crippen LogP contribution in [0.2, 0.25) is 5.28 Å². The Labute approximate surface area is 117 Å². The van der Waals surface area contributed by atoms with Crippen LogP contribution in [0, 0.1) is 5.82 Å². The van der Waals surface area contributed by atoms with Gasteiger partial charge in [0.2, 0.25) is 5.28 Å². The first-order valence-corrected chi connectivity index (χ1v) is 6.07. The van der Waals surface area contributed by atoms with Crippen molar-refractivity contribution >= 4 is 11.6 Å². The monoisotopic (exact) mass is 307 g/mol. The molecule has 0 aliphatic heterocycles. The third-order valence-electron chi connectivity index (χ3n) is 2.68. The Morgan fingerprint density at radius 3 is 2.40 bits per heavy atom. The van der Waals surface area contributed by atoms with E-state index in [1.807, 2.05) is 0 Å². The highest BCUT2D eigenvalue weighted by Crippen LogP contribution is 2.33. The van der Waals surface area contributed by atoms with Gasteiger partial charge < -0.3 is 0 Å². The van der Waals surface area contributed by atoms with Gasteiger partial charge in [-0.05, 0) is 29.8 Å². The number of halogens is 5. The number of aromatic nitrogens is 3. The van der Waals surface area contributed by atoms with Gasteiger partial charge in [0.25, 0.3) is 0 Å². The molecule has 0 spiro atoms. The standard InChI is InChI=1S/C12H10ClF4N3/c1-6(2)10-18-19-11(13)20(10)9-5-7(12(15,16)17)3-4-8(9)14/h3-6H,1-2H3. The zero-order valence-electron chi connectivity index (χ0n) is 10.5. The van der Waals surface area contributed by atoms with Crippen molar-refractivity contribution in [2.45, 2.75) is 25.9 Å². The second-order valence-electron chi connectivity index (χ2n) is 4.48. The van der Waals surface area contributed by atoms with Crippen molar-refractivity contribution < 1.29 is 17.6 Å². The van der Waals surface area contributed by atoms with Gasteiger partial charge in [0.1, 0.15) is 11.6 Å². The van der Waals surface area contributed by atoms with Crippen LogP contribution in [-0.2, 0) is 6.18 Å². The zero-order valence-corrected chi connectivity index (χ0v) is 11.3. The summed E-state index contributed by atoms with van der Waals surface area (Å²) < 4.78 is 53.0. The molecule has 1 aromatic carbocycles. The summed E-state index contributed by atoms with van der Waals surface area (Å²) in [6.07, 6.45) is -4.57. The van der Waals surface area contributed by atoms with Crippen molar-refractivity contribution in [2.75, 3.05) is 0 Å². The highest BCUT2D eigenvalue weighted by molar-refractivity contribution is 6.28. The molecule has 0 radical (unpaired) electrons. The fourth-order valence-electron chi connectivity index (χ4n) is 1.73. The quantitative estimate of drug-likeness (QED) is 0.778. The van der Waals surface area contributed by atoms with Crippen LogP contribution in [0.3, 0.4) is 0 Å². The molecule has 1 aromatic heterocycles. The lowest BCUT2D eigenvalue weighted by Gasteiger charge is -2.13. The Morgan fingerprint density at radius 2 is 1.85 bits per heavy atom. The number of benzene rings is 1. The molecule has 0 aliphatic carbocycles. The molecule has 3 nitrogen and oxygen atoms in total. The van der Waals surface area contributed by atoms with Crippen LogP contribution in [-0.4, -0.2) is 14.8 Å². The maximum atomic E-state index is 13.8. The van der Waals surface area contributed by atoms with Gasteiger partial charge >= 0.3 is 6.18 Å². The average molecular weight is 308 g/mol. The fourth-order valence-corrected chi connectivity index (χ4v) is 1.95. The van der Waals surface area contributed by atoms with Gasteiger partial charge in [-0.25, -0.2) is 4.39 Å². The van der Waals surface area contributed by atoms with E-state index in [1.165, 1.54) is 0 Å². The van der Waals surface area contributed by atoms with Crippen molar-refractivity contribution in [2.24, 2.45) is 0 Å². The molecule has 0 aliphatic rings. The van der Waals surface area contributed by atoms with Gasteiger partial charge in [0, 0.05) is 5.92 Å². The number of nitrogens with zero attached hydrogens (tertiary/aromatic N) is 3. The van der Waals surface area contributed by atoms with Crippen molar-refractivity contribution in [1.29, 1.82) is 0 Å². The molecular formula is C12H10ClF4N3. The predicted octanol–water partition coefficient (Wildman–Crippen LogP) is 4.20. The molecule has 0 amide bonds. The van der Waals surface area contributed by atoms with E-state index in [1.54, 1.807) is 13.8 Å². The maximum absolute atomic E-state index is 13.8. The van der Waals surface area contributed by atoms with E-state index in [-0.39, 0.29) is 22.7 Å². The molecular weight excluding hydrogens is 298 g/mol. The highest BCUT2D eigenvalue weighted by Gasteiger charge is 2.32. The van der Waals surface area contributed by atoms with Gasteiger partial charge in [0.05, 0.1) is 11.3 Å². The number of hydrogen-bond acceptors (Lipinski definition) is 2. The first kappa shape index (κ1) is 14.8. The Hall–Kier alpha value is -1.63. The Bertz CT molecular complexity index is 634. The van der Waals surface area contributed by atoms with Gasteiger partial charge in [-0.2, -0.15) is 13.2 Å². The van der Waals surface area contributed by atoms with E-state index in [2.05, 4.69) is 10.2 Å². The topological polar surface area (TPSA) is 30.7 Å². The summed E-state index contributed by atoms with van der Waals surface area (Å²) in [7, 11) is 0. The summed E-state index contributed by atoms with van der Waals surface area (Å²) >= 11 is 5.80. The summed E-state index contributed by atoms with van der Waals surface area (Å²) in [6.45, 7) is 3.50. The van der Waals surface area contributed by atoms with Crippen molar-refractivity contribution in [1.82, 2.24) is 14.8 Å². The minimum atomic E-state index is -4.57. The third kappa shape index (κ3) is 2.63. The molecule has 0 unspecified atom stereocenters. The summed E-state index contributed by atoms with van der Waals surface area (Å²) in [4.78, 5) is 0. The van der Waals surface area contributed by atoms with Crippen molar-refractivity contribution in [3.05, 3.63) is 40.7 Å². The van der Waals surface area contributed by atoms with Crippen LogP contribution in [0.15, 0.2) is 18.2 Å². The highest BCUT2D eigenvalue weighted by atomic mass is 35.5. The van der Waals surface area contributed by atoms with Crippen LogP contribution < -0.4 is 0 Å². The van der Waals surface area contributed by atoms with Crippen LogP contribution in [0.1, 0.15) is 31.2 Å². The van der Waals surface area contributed by atoms with Crippen LogP contribution in [0.5, 0.6) is 0 Å². The average Bonchev–Trinajstić information content (AvgIpc) is 2.70. The lowest BCUT2D eigenvalue weighted by molar-refractivity contribution is -0.137. The Morgan fingerprint density at radius 1 is 1.20 bits per heavy atom. The minimum Gasteiger partial charge on any atom is -0.267 e. The SMILES string of the molecule is CC(C)c1nnc(Cl)n1-c1cc(C(F)(F)F)ccc1F. The Kier molecular flexibility index (Phi) is 3.73. The van der Waals surface area contributed by atoms with Gasteiger partial charge in [-0.3, -0.25) is 4.57 Å². The van der Waals surface area contributed by atoms with E-state index < -0.39 is 17.6 Å². The number of rotatable bonds is 2. The van der Waals surface area contributed by atoms with Gasteiger partial charge in [-0.15, -0.1) is 10.2 Å². The van der Waals surface area contributed by atoms with Gasteiger partial charge in [0.15, 0.2) is 0 Å². The molecule has 0 saturated carbocycles. The summed E-state index contributed by atoms with van der Waals surface area (Å²) in [5, 5.41) is 7.15. The zero-order chi connectivity index (χ0) is 15.1. The number of alkyl halides is 3. The molecule has 108 valence electrons. The Balaban J connectivity index is 2.67. The smallest absolute Gasteiger partial charge is 0.267 e. The molecule has 1 heterocycles. The van der Waals surface area contributed by atoms with Crippen LogP contribution in [0.4, 0.5) is 17.6 Å². The summed E-state index contributed by atoms with van der Waals surface area (Å²) in [6, 6.07) is 2.11. The lowest BCUT2D eigenvalue weighted by Crippen LogP contribution is -2.10. The van der Waals surface area contributed by atoms with Crippen molar-refractivity contribution in [3.8, 4) is 5.69 Å². The first-order chi connectivity index (χ1) is 9.21. The second kappa shape index (κ2) is 5.05. The van der Waals surface area contributed by atoms with Gasteiger partial charge in [-0.1, -0.05) is 13.8 Å². The molecule has 20 heavy (non-hydrogen) atoms. The predicted molar refractivity (Wildman–Crippen MR) is 65.4 cm³/mol. The molecule has 0 atom stereocenters. The van der Waals surface area contributed by atoms with Crippen molar-refractivity contribution in [3.63, 3.8) is 0 Å². The molecule has 8 heteroatoms.